The van der Waals surface area contributed by atoms with Gasteiger partial charge in [0.15, 0.2) is 0 Å². The summed E-state index contributed by atoms with van der Waals surface area (Å²) in [5.74, 6) is -1.03. The first kappa shape index (κ1) is 12.7. The lowest BCUT2D eigenvalue weighted by molar-refractivity contribution is -0.141. The Balaban J connectivity index is 1.55. The van der Waals surface area contributed by atoms with Crippen molar-refractivity contribution in [1.82, 2.24) is 4.90 Å². The first-order valence-corrected chi connectivity index (χ1v) is 6.39. The summed E-state index contributed by atoms with van der Waals surface area (Å²) in [6.07, 6.45) is 0.690. The van der Waals surface area contributed by atoms with Crippen molar-refractivity contribution in [2.45, 2.75) is 6.42 Å². The van der Waals surface area contributed by atoms with E-state index < -0.39 is 5.97 Å². The number of carbonyl (C=O) groups is 3. The van der Waals surface area contributed by atoms with Gasteiger partial charge in [-0.05, 0) is 24.6 Å². The van der Waals surface area contributed by atoms with E-state index in [1.165, 1.54) is 17.0 Å². The lowest BCUT2D eigenvalue weighted by Gasteiger charge is -2.16. The number of nitrogens with zero attached hydrogens (tertiary/aromatic N) is 1. The van der Waals surface area contributed by atoms with Gasteiger partial charge < -0.3 is 9.84 Å². The molecule has 2 fully saturated rings. The van der Waals surface area contributed by atoms with Gasteiger partial charge >= 0.3 is 5.97 Å². The number of hydrogen-bond acceptors (Lipinski definition) is 4. The smallest absolute Gasteiger partial charge is 0.335 e. The Labute approximate surface area is 114 Å². The van der Waals surface area contributed by atoms with Crippen LogP contribution in [0.4, 0.5) is 0 Å². The Morgan fingerprint density at radius 1 is 1.30 bits per heavy atom. The number of fused-ring (bicyclic) bond motifs is 1. The van der Waals surface area contributed by atoms with Crippen LogP contribution < -0.4 is 4.74 Å². The molecule has 0 bridgehead atoms. The molecule has 1 saturated heterocycles. The Morgan fingerprint density at radius 2 is 2.00 bits per heavy atom. The Kier molecular flexibility index (Phi) is 2.93. The van der Waals surface area contributed by atoms with E-state index >= 15 is 0 Å². The summed E-state index contributed by atoms with van der Waals surface area (Å²) in [5.41, 5.74) is 0.136. The summed E-state index contributed by atoms with van der Waals surface area (Å²) >= 11 is 0. The summed E-state index contributed by atoms with van der Waals surface area (Å²) in [6.45, 7) is 0.377. The molecule has 2 unspecified atom stereocenters. The van der Waals surface area contributed by atoms with Crippen LogP contribution in [0.15, 0.2) is 24.3 Å². The summed E-state index contributed by atoms with van der Waals surface area (Å²) in [6, 6.07) is 6.10. The van der Waals surface area contributed by atoms with Crippen LogP contribution in [0, 0.1) is 11.8 Å². The molecule has 6 nitrogen and oxygen atoms in total. The number of carboxylic acids is 1. The minimum atomic E-state index is -1.03. The van der Waals surface area contributed by atoms with Crippen LogP contribution in [0.3, 0.4) is 0 Å². The second-order valence-electron chi connectivity index (χ2n) is 4.96. The Bertz CT molecular complexity index is 577. The number of hydrogen-bond donors (Lipinski definition) is 1. The van der Waals surface area contributed by atoms with Gasteiger partial charge in [-0.3, -0.25) is 14.5 Å². The zero-order valence-electron chi connectivity index (χ0n) is 10.6. The maximum absolute atomic E-state index is 11.7. The molecule has 0 radical (unpaired) electrons. The molecule has 1 aliphatic carbocycles. The molecule has 1 aromatic carbocycles. The zero-order valence-corrected chi connectivity index (χ0v) is 10.6. The fourth-order valence-electron chi connectivity index (χ4n) is 2.44. The van der Waals surface area contributed by atoms with E-state index in [1.54, 1.807) is 12.1 Å². The summed E-state index contributed by atoms with van der Waals surface area (Å²) < 4.78 is 5.40. The largest absolute Gasteiger partial charge is 0.492 e. The quantitative estimate of drug-likeness (QED) is 0.802. The Hall–Kier alpha value is -2.37. The highest BCUT2D eigenvalue weighted by molar-refractivity contribution is 6.08. The number of piperidine rings is 1. The molecular weight excluding hydrogens is 262 g/mol. The van der Waals surface area contributed by atoms with Crippen LogP contribution in [0.1, 0.15) is 16.8 Å². The van der Waals surface area contributed by atoms with Crippen molar-refractivity contribution in [3.05, 3.63) is 29.8 Å². The van der Waals surface area contributed by atoms with E-state index in [4.69, 9.17) is 9.84 Å². The number of carboxylic acid groups (broad SMARTS) is 1. The number of carbonyl (C=O) groups excluding carboxylic acids is 2. The highest BCUT2D eigenvalue weighted by atomic mass is 16.5. The van der Waals surface area contributed by atoms with E-state index in [9.17, 15) is 14.4 Å². The molecule has 6 heteroatoms. The lowest BCUT2D eigenvalue weighted by atomic mass is 10.2. The lowest BCUT2D eigenvalue weighted by Crippen LogP contribution is -2.36. The summed E-state index contributed by atoms with van der Waals surface area (Å²) in [5, 5.41) is 8.86. The molecule has 1 saturated carbocycles. The maximum atomic E-state index is 11.7. The molecule has 1 aromatic rings. The van der Waals surface area contributed by atoms with Gasteiger partial charge in [-0.2, -0.15) is 0 Å². The number of likely N-dealkylation sites (tertiary alicyclic amines) is 1. The number of imide groups is 1. The number of aromatic carboxylic acids is 1. The SMILES string of the molecule is O=C(O)c1cccc(OCCN2C(=O)C3CC3C2=O)c1. The van der Waals surface area contributed by atoms with E-state index in [-0.39, 0.29) is 42.4 Å². The highest BCUT2D eigenvalue weighted by Gasteiger charge is 2.58. The van der Waals surface area contributed by atoms with E-state index in [2.05, 4.69) is 0 Å². The minimum absolute atomic E-state index is 0.0992. The van der Waals surface area contributed by atoms with E-state index in [0.717, 1.165) is 0 Å². The van der Waals surface area contributed by atoms with E-state index in [0.29, 0.717) is 12.2 Å². The maximum Gasteiger partial charge on any atom is 0.335 e. The molecule has 2 aliphatic rings. The van der Waals surface area contributed by atoms with Crippen molar-refractivity contribution in [1.29, 1.82) is 0 Å². The second kappa shape index (κ2) is 4.63. The fourth-order valence-corrected chi connectivity index (χ4v) is 2.44. The van der Waals surface area contributed by atoms with Crippen molar-refractivity contribution < 1.29 is 24.2 Å². The van der Waals surface area contributed by atoms with Crippen molar-refractivity contribution in [3.63, 3.8) is 0 Å². The molecule has 0 aromatic heterocycles. The topological polar surface area (TPSA) is 83.9 Å². The third-order valence-electron chi connectivity index (χ3n) is 3.62. The molecule has 2 amide bonds. The molecule has 104 valence electrons. The van der Waals surface area contributed by atoms with Gasteiger partial charge in [-0.25, -0.2) is 4.79 Å². The first-order chi connectivity index (χ1) is 9.58. The first-order valence-electron chi connectivity index (χ1n) is 6.39. The minimum Gasteiger partial charge on any atom is -0.492 e. The second-order valence-corrected chi connectivity index (χ2v) is 4.96. The number of benzene rings is 1. The molecule has 20 heavy (non-hydrogen) atoms. The van der Waals surface area contributed by atoms with Gasteiger partial charge in [0.1, 0.15) is 12.4 Å². The Morgan fingerprint density at radius 3 is 2.65 bits per heavy atom. The van der Waals surface area contributed by atoms with Crippen molar-refractivity contribution >= 4 is 17.8 Å². The molecule has 1 heterocycles. The van der Waals surface area contributed by atoms with Crippen LogP contribution in [0.2, 0.25) is 0 Å². The molecule has 1 N–H and O–H groups in total. The molecule has 0 spiro atoms. The van der Waals surface area contributed by atoms with Crippen LogP contribution in [0.5, 0.6) is 5.75 Å². The number of amides is 2. The van der Waals surface area contributed by atoms with Gasteiger partial charge in [0.05, 0.1) is 23.9 Å². The standard InChI is InChI=1S/C14H13NO5/c16-12-10-7-11(10)13(17)15(12)4-5-20-9-3-1-2-8(6-9)14(18)19/h1-3,6,10-11H,4-5,7H2,(H,18,19). The average molecular weight is 275 g/mol. The molecule has 3 rings (SSSR count). The number of ether oxygens (including phenoxy) is 1. The zero-order chi connectivity index (χ0) is 14.3. The number of rotatable bonds is 5. The van der Waals surface area contributed by atoms with Crippen LogP contribution in [-0.4, -0.2) is 40.9 Å². The van der Waals surface area contributed by atoms with Crippen LogP contribution in [0.25, 0.3) is 0 Å². The van der Waals surface area contributed by atoms with E-state index in [1.807, 2.05) is 0 Å². The predicted octanol–water partition coefficient (Wildman–Crippen LogP) is 0.768. The fraction of sp³-hybridized carbons (Fsp3) is 0.357. The average Bonchev–Trinajstić information content (AvgIpc) is 3.18. The van der Waals surface area contributed by atoms with Gasteiger partial charge in [-0.1, -0.05) is 6.07 Å². The summed E-state index contributed by atoms with van der Waals surface area (Å²) in [7, 11) is 0. The predicted molar refractivity (Wildman–Crippen MR) is 67.2 cm³/mol. The highest BCUT2D eigenvalue weighted by Crippen LogP contribution is 2.46. The van der Waals surface area contributed by atoms with Crippen molar-refractivity contribution in [3.8, 4) is 5.75 Å². The van der Waals surface area contributed by atoms with Gasteiger partial charge in [-0.15, -0.1) is 0 Å². The van der Waals surface area contributed by atoms with Gasteiger partial charge in [0.2, 0.25) is 11.8 Å². The van der Waals surface area contributed by atoms with Crippen molar-refractivity contribution in [2.75, 3.05) is 13.2 Å². The molecular formula is C14H13NO5. The van der Waals surface area contributed by atoms with Crippen LogP contribution >= 0.6 is 0 Å². The third-order valence-corrected chi connectivity index (χ3v) is 3.62. The molecule has 1 aliphatic heterocycles. The summed E-state index contributed by atoms with van der Waals surface area (Å²) in [4.78, 5) is 35.5. The molecule has 2 atom stereocenters. The van der Waals surface area contributed by atoms with Gasteiger partial charge in [0, 0.05) is 0 Å². The third kappa shape index (κ3) is 2.13. The van der Waals surface area contributed by atoms with Crippen LogP contribution in [-0.2, 0) is 9.59 Å². The monoisotopic (exact) mass is 275 g/mol. The normalized spacial score (nSPS) is 23.7. The van der Waals surface area contributed by atoms with Gasteiger partial charge in [0.25, 0.3) is 0 Å². The van der Waals surface area contributed by atoms with Crippen molar-refractivity contribution in [2.24, 2.45) is 11.8 Å².